The molecular weight excluding hydrogens is 440 g/mol. The van der Waals surface area contributed by atoms with Crippen molar-refractivity contribution < 1.29 is 13.2 Å². The van der Waals surface area contributed by atoms with Crippen LogP contribution in [0.4, 0.5) is 0 Å². The van der Waals surface area contributed by atoms with E-state index in [1.807, 2.05) is 60.7 Å². The third-order valence-corrected chi connectivity index (χ3v) is 8.00. The van der Waals surface area contributed by atoms with Crippen LogP contribution >= 0.6 is 0 Å². The standard InChI is InChI=1S/C30H32O3S/c1-24(25-10-4-2-5-11-25)18-19-33-20-21-34(31,32)30-17-16-27-14-8-9-15-28(22-29(27)23-30)26-12-6-3-7-13-26/h2-7,10-13,16-17,22-23H,1,8-9,14-15,18-21H2/b28-22+. The summed E-state index contributed by atoms with van der Waals surface area (Å²) < 4.78 is 31.7. The number of ether oxygens (including phenoxy) is 1. The molecule has 0 heterocycles. The molecule has 34 heavy (non-hydrogen) atoms. The Morgan fingerprint density at radius 2 is 1.56 bits per heavy atom. The van der Waals surface area contributed by atoms with Gasteiger partial charge in [0, 0.05) is 0 Å². The van der Waals surface area contributed by atoms with Crippen molar-refractivity contribution in [3.8, 4) is 0 Å². The Balaban J connectivity index is 1.40. The SMILES string of the molecule is C=C(CCOCCS(=O)(=O)c1ccc2c(c1)/C=C(/c1ccccc1)CCCC2)c1ccccc1. The smallest absolute Gasteiger partial charge is 0.180 e. The van der Waals surface area contributed by atoms with Crippen LogP contribution in [0.3, 0.4) is 0 Å². The molecule has 0 unspecified atom stereocenters. The maximum absolute atomic E-state index is 13.0. The van der Waals surface area contributed by atoms with E-state index in [0.29, 0.717) is 17.9 Å². The zero-order chi connectivity index (χ0) is 23.8. The number of aryl methyl sites for hydroxylation is 1. The van der Waals surface area contributed by atoms with Crippen LogP contribution in [-0.4, -0.2) is 27.4 Å². The van der Waals surface area contributed by atoms with Crippen LogP contribution in [0.15, 0.2) is 90.3 Å². The Morgan fingerprint density at radius 3 is 2.32 bits per heavy atom. The summed E-state index contributed by atoms with van der Waals surface area (Å²) >= 11 is 0. The number of sulfone groups is 1. The van der Waals surface area contributed by atoms with Gasteiger partial charge in [0.15, 0.2) is 9.84 Å². The second-order valence-electron chi connectivity index (χ2n) is 8.75. The van der Waals surface area contributed by atoms with Crippen molar-refractivity contribution in [2.45, 2.75) is 37.0 Å². The minimum Gasteiger partial charge on any atom is -0.380 e. The van der Waals surface area contributed by atoms with Gasteiger partial charge >= 0.3 is 0 Å². The summed E-state index contributed by atoms with van der Waals surface area (Å²) in [6, 6.07) is 25.9. The molecule has 3 aromatic rings. The number of hydrogen-bond donors (Lipinski definition) is 0. The molecule has 3 nitrogen and oxygen atoms in total. The molecule has 0 atom stereocenters. The molecule has 0 aliphatic heterocycles. The van der Waals surface area contributed by atoms with Crippen LogP contribution in [0.1, 0.15) is 47.9 Å². The summed E-state index contributed by atoms with van der Waals surface area (Å²) in [6.45, 7) is 4.73. The zero-order valence-corrected chi connectivity index (χ0v) is 20.4. The lowest BCUT2D eigenvalue weighted by Crippen LogP contribution is -2.13. The van der Waals surface area contributed by atoms with Crippen molar-refractivity contribution in [3.63, 3.8) is 0 Å². The van der Waals surface area contributed by atoms with Crippen LogP contribution in [0, 0.1) is 0 Å². The van der Waals surface area contributed by atoms with Gasteiger partial charge in [0.1, 0.15) is 0 Å². The molecule has 0 N–H and O–H groups in total. The van der Waals surface area contributed by atoms with Gasteiger partial charge in [0.25, 0.3) is 0 Å². The highest BCUT2D eigenvalue weighted by atomic mass is 32.2. The maximum Gasteiger partial charge on any atom is 0.180 e. The van der Waals surface area contributed by atoms with Crippen LogP contribution in [-0.2, 0) is 21.0 Å². The van der Waals surface area contributed by atoms with Gasteiger partial charge < -0.3 is 4.74 Å². The molecule has 3 aromatic carbocycles. The summed E-state index contributed by atoms with van der Waals surface area (Å²) in [5.41, 5.74) is 6.77. The minimum absolute atomic E-state index is 0.0289. The van der Waals surface area contributed by atoms with E-state index < -0.39 is 9.84 Å². The largest absolute Gasteiger partial charge is 0.380 e. The number of rotatable bonds is 9. The Morgan fingerprint density at radius 1 is 0.853 bits per heavy atom. The molecular formula is C30H32O3S. The molecule has 0 radical (unpaired) electrons. The van der Waals surface area contributed by atoms with Crippen LogP contribution < -0.4 is 0 Å². The molecule has 4 rings (SSSR count). The second kappa shape index (κ2) is 11.5. The molecule has 176 valence electrons. The Kier molecular flexibility index (Phi) is 8.15. The highest BCUT2D eigenvalue weighted by Gasteiger charge is 2.17. The van der Waals surface area contributed by atoms with Crippen molar-refractivity contribution >= 4 is 27.1 Å². The fraction of sp³-hybridized carbons (Fsp3) is 0.267. The molecule has 0 amide bonds. The van der Waals surface area contributed by atoms with E-state index in [9.17, 15) is 8.42 Å². The Bertz CT molecular complexity index is 1240. The first-order valence-corrected chi connectivity index (χ1v) is 13.6. The molecule has 0 aromatic heterocycles. The lowest BCUT2D eigenvalue weighted by Gasteiger charge is -2.16. The van der Waals surface area contributed by atoms with Crippen molar-refractivity contribution in [2.24, 2.45) is 0 Å². The fourth-order valence-electron chi connectivity index (χ4n) is 4.30. The van der Waals surface area contributed by atoms with Crippen molar-refractivity contribution in [2.75, 3.05) is 19.0 Å². The Hall–Kier alpha value is -2.95. The van der Waals surface area contributed by atoms with E-state index >= 15 is 0 Å². The van der Waals surface area contributed by atoms with Gasteiger partial charge in [-0.3, -0.25) is 0 Å². The highest BCUT2D eigenvalue weighted by molar-refractivity contribution is 7.91. The first kappa shape index (κ1) is 24.2. The van der Waals surface area contributed by atoms with Crippen LogP contribution in [0.2, 0.25) is 0 Å². The molecule has 1 aliphatic carbocycles. The van der Waals surface area contributed by atoms with E-state index in [-0.39, 0.29) is 12.4 Å². The summed E-state index contributed by atoms with van der Waals surface area (Å²) in [7, 11) is -3.43. The van der Waals surface area contributed by atoms with Gasteiger partial charge in [-0.15, -0.1) is 0 Å². The average molecular weight is 473 g/mol. The van der Waals surface area contributed by atoms with Gasteiger partial charge in [-0.05, 0) is 77.6 Å². The summed E-state index contributed by atoms with van der Waals surface area (Å²) in [5.74, 6) is -0.0289. The van der Waals surface area contributed by atoms with Crippen molar-refractivity contribution in [3.05, 3.63) is 108 Å². The number of hydrogen-bond acceptors (Lipinski definition) is 3. The van der Waals surface area contributed by atoms with Gasteiger partial charge in [0.2, 0.25) is 0 Å². The van der Waals surface area contributed by atoms with E-state index in [0.717, 1.165) is 42.4 Å². The lowest BCUT2D eigenvalue weighted by molar-refractivity contribution is 0.155. The lowest BCUT2D eigenvalue weighted by atomic mass is 9.91. The van der Waals surface area contributed by atoms with Crippen LogP contribution in [0.25, 0.3) is 17.2 Å². The molecule has 4 heteroatoms. The van der Waals surface area contributed by atoms with Gasteiger partial charge in [-0.1, -0.05) is 79.4 Å². The van der Waals surface area contributed by atoms with E-state index in [1.54, 1.807) is 6.07 Å². The second-order valence-corrected chi connectivity index (χ2v) is 10.9. The van der Waals surface area contributed by atoms with E-state index in [4.69, 9.17) is 4.74 Å². The predicted molar refractivity (Wildman–Crippen MR) is 141 cm³/mol. The van der Waals surface area contributed by atoms with Crippen molar-refractivity contribution in [1.82, 2.24) is 0 Å². The number of allylic oxidation sites excluding steroid dienone is 1. The molecule has 1 aliphatic rings. The first-order valence-electron chi connectivity index (χ1n) is 12.0. The van der Waals surface area contributed by atoms with Gasteiger partial charge in [-0.2, -0.15) is 0 Å². The molecule has 0 spiro atoms. The Labute approximate surface area is 203 Å². The minimum atomic E-state index is -3.43. The van der Waals surface area contributed by atoms with Gasteiger partial charge in [0.05, 0.1) is 23.9 Å². The zero-order valence-electron chi connectivity index (χ0n) is 19.6. The fourth-order valence-corrected chi connectivity index (χ4v) is 5.46. The first-order chi connectivity index (χ1) is 16.5. The van der Waals surface area contributed by atoms with E-state index in [2.05, 4.69) is 24.8 Å². The quantitative estimate of drug-likeness (QED) is 0.320. The summed E-state index contributed by atoms with van der Waals surface area (Å²) in [5, 5.41) is 0. The molecule has 0 bridgehead atoms. The number of benzene rings is 3. The highest BCUT2D eigenvalue weighted by Crippen LogP contribution is 2.30. The third-order valence-electron chi connectivity index (χ3n) is 6.32. The van der Waals surface area contributed by atoms with E-state index in [1.165, 1.54) is 16.7 Å². The maximum atomic E-state index is 13.0. The summed E-state index contributed by atoms with van der Waals surface area (Å²) in [4.78, 5) is 0.368. The molecule has 0 fully saturated rings. The number of fused-ring (bicyclic) bond motifs is 1. The monoisotopic (exact) mass is 472 g/mol. The normalized spacial score (nSPS) is 15.5. The average Bonchev–Trinajstić information content (AvgIpc) is 2.85. The molecule has 0 saturated carbocycles. The third kappa shape index (κ3) is 6.34. The summed E-state index contributed by atoms with van der Waals surface area (Å²) in [6.07, 6.45) is 7.06. The van der Waals surface area contributed by atoms with Crippen molar-refractivity contribution in [1.29, 1.82) is 0 Å². The molecule has 0 saturated heterocycles. The predicted octanol–water partition coefficient (Wildman–Crippen LogP) is 6.85. The van der Waals surface area contributed by atoms with Crippen LogP contribution in [0.5, 0.6) is 0 Å². The van der Waals surface area contributed by atoms with Gasteiger partial charge in [-0.25, -0.2) is 8.42 Å². The topological polar surface area (TPSA) is 43.4 Å².